The number of rotatable bonds is 7. The van der Waals surface area contributed by atoms with Crippen LogP contribution in [0.5, 0.6) is 0 Å². The van der Waals surface area contributed by atoms with Crippen LogP contribution in [0.15, 0.2) is 17.0 Å². The number of thioether (sulfide) groups is 1. The molecule has 1 aromatic carbocycles. The molecule has 1 aliphatic heterocycles. The summed E-state index contributed by atoms with van der Waals surface area (Å²) in [6.07, 6.45) is -2.91. The number of carbonyl (C=O) groups is 3. The van der Waals surface area contributed by atoms with Crippen LogP contribution in [0.3, 0.4) is 0 Å². The predicted octanol–water partition coefficient (Wildman–Crippen LogP) is 2.83. The molecule has 5 atom stereocenters. The molecule has 29 heavy (non-hydrogen) atoms. The Kier molecular flexibility index (Phi) is 8.87. The summed E-state index contributed by atoms with van der Waals surface area (Å²) in [5, 5.41) is 0.832. The first-order chi connectivity index (χ1) is 13.6. The maximum absolute atomic E-state index is 11.6. The van der Waals surface area contributed by atoms with Crippen molar-refractivity contribution < 1.29 is 33.3 Å². The Morgan fingerprint density at radius 3 is 2.38 bits per heavy atom. The zero-order chi connectivity index (χ0) is 21.7. The van der Waals surface area contributed by atoms with E-state index in [2.05, 4.69) is 0 Å². The predicted molar refractivity (Wildman–Crippen MR) is 107 cm³/mol. The third-order valence-corrected chi connectivity index (χ3v) is 6.24. The van der Waals surface area contributed by atoms with Gasteiger partial charge in [-0.25, -0.2) is 0 Å². The Hall–Kier alpha value is -1.23. The minimum atomic E-state index is -1.02. The van der Waals surface area contributed by atoms with Gasteiger partial charge in [0, 0.05) is 18.7 Å². The maximum Gasteiger partial charge on any atom is 0.303 e. The first-order valence-electron chi connectivity index (χ1n) is 8.26. The molecule has 0 amide bonds. The van der Waals surface area contributed by atoms with E-state index < -0.39 is 41.7 Å². The lowest BCUT2D eigenvalue weighted by Gasteiger charge is -2.43. The first kappa shape index (κ1) is 24.0. The molecule has 0 spiro atoms. The van der Waals surface area contributed by atoms with Gasteiger partial charge in [0.05, 0.1) is 21.1 Å². The molecule has 8 nitrogen and oxygen atoms in total. The van der Waals surface area contributed by atoms with E-state index in [1.54, 1.807) is 0 Å². The van der Waals surface area contributed by atoms with Gasteiger partial charge < -0.3 is 24.7 Å². The molecular formula is C17H18Cl3NO7S. The summed E-state index contributed by atoms with van der Waals surface area (Å²) in [6.45, 7) is 2.41. The zero-order valence-corrected chi connectivity index (χ0v) is 18.4. The third-order valence-electron chi connectivity index (χ3n) is 3.89. The normalized spacial score (nSPS) is 26.5. The van der Waals surface area contributed by atoms with Gasteiger partial charge in [-0.05, 0) is 12.1 Å². The second-order valence-electron chi connectivity index (χ2n) is 6.01. The molecule has 1 fully saturated rings. The molecule has 1 heterocycles. The van der Waals surface area contributed by atoms with E-state index in [9.17, 15) is 14.4 Å². The maximum atomic E-state index is 11.6. The van der Waals surface area contributed by atoms with Gasteiger partial charge in [-0.3, -0.25) is 14.4 Å². The third kappa shape index (κ3) is 6.37. The summed E-state index contributed by atoms with van der Waals surface area (Å²) >= 11 is 19.3. The van der Waals surface area contributed by atoms with Crippen molar-refractivity contribution in [2.75, 3.05) is 6.61 Å². The monoisotopic (exact) mass is 485 g/mol. The molecule has 1 saturated heterocycles. The molecule has 12 heteroatoms. The number of ether oxygens (including phenoxy) is 4. The topological polar surface area (TPSA) is 114 Å². The fraction of sp³-hybridized carbons (Fsp3) is 0.471. The highest BCUT2D eigenvalue weighted by Crippen LogP contribution is 2.41. The second-order valence-corrected chi connectivity index (χ2v) is 8.37. The first-order valence-corrected chi connectivity index (χ1v) is 10.3. The van der Waals surface area contributed by atoms with Crippen LogP contribution in [0.25, 0.3) is 0 Å². The molecule has 0 aliphatic carbocycles. The Morgan fingerprint density at radius 2 is 1.79 bits per heavy atom. The highest BCUT2D eigenvalue weighted by Gasteiger charge is 2.48. The quantitative estimate of drug-likeness (QED) is 0.269. The minimum Gasteiger partial charge on any atom is -0.463 e. The Labute approximate surface area is 186 Å². The molecule has 0 saturated carbocycles. The average molecular weight is 487 g/mol. The van der Waals surface area contributed by atoms with Crippen LogP contribution in [0.1, 0.15) is 13.8 Å². The van der Waals surface area contributed by atoms with Crippen LogP contribution < -0.4 is 5.73 Å². The van der Waals surface area contributed by atoms with Crippen LogP contribution >= 0.6 is 46.6 Å². The molecular weight excluding hydrogens is 469 g/mol. The van der Waals surface area contributed by atoms with Crippen molar-refractivity contribution in [3.63, 3.8) is 0 Å². The van der Waals surface area contributed by atoms with Crippen LogP contribution in [0.4, 0.5) is 0 Å². The van der Waals surface area contributed by atoms with Crippen LogP contribution in [0, 0.1) is 0 Å². The summed E-state index contributed by atoms with van der Waals surface area (Å²) in [4.78, 5) is 34.2. The zero-order valence-electron chi connectivity index (χ0n) is 15.3. The van der Waals surface area contributed by atoms with E-state index in [0.29, 0.717) is 9.92 Å². The Balaban J connectivity index is 2.34. The Bertz CT molecular complexity index is 780. The van der Waals surface area contributed by atoms with Crippen LogP contribution in [0.2, 0.25) is 15.1 Å². The van der Waals surface area contributed by atoms with Crippen molar-refractivity contribution in [3.05, 3.63) is 27.2 Å². The molecule has 2 rings (SSSR count). The van der Waals surface area contributed by atoms with Gasteiger partial charge in [-0.2, -0.15) is 0 Å². The SMILES string of the molecule is CC(=O)OCC1OC(Sc2cc(Cl)c(Cl)cc2Cl)C(OC(C)=O)C(N)C1OC=O. The van der Waals surface area contributed by atoms with Gasteiger partial charge >= 0.3 is 11.9 Å². The summed E-state index contributed by atoms with van der Waals surface area (Å²) < 4.78 is 21.2. The summed E-state index contributed by atoms with van der Waals surface area (Å²) in [6, 6.07) is 2.04. The van der Waals surface area contributed by atoms with E-state index in [4.69, 9.17) is 59.5 Å². The lowest BCUT2D eigenvalue weighted by atomic mass is 9.98. The van der Waals surface area contributed by atoms with Crippen molar-refractivity contribution in [3.8, 4) is 0 Å². The molecule has 0 bridgehead atoms. The van der Waals surface area contributed by atoms with Crippen molar-refractivity contribution in [1.29, 1.82) is 0 Å². The van der Waals surface area contributed by atoms with Gasteiger partial charge in [-0.15, -0.1) is 0 Å². The van der Waals surface area contributed by atoms with Gasteiger partial charge in [0.2, 0.25) is 0 Å². The minimum absolute atomic E-state index is 0.197. The molecule has 5 unspecified atom stereocenters. The summed E-state index contributed by atoms with van der Waals surface area (Å²) in [5.74, 6) is -1.16. The fourth-order valence-corrected chi connectivity index (χ4v) is 4.58. The summed E-state index contributed by atoms with van der Waals surface area (Å²) in [7, 11) is 0. The highest BCUT2D eigenvalue weighted by molar-refractivity contribution is 8.00. The lowest BCUT2D eigenvalue weighted by Crippen LogP contribution is -2.63. The van der Waals surface area contributed by atoms with Crippen molar-refractivity contribution >= 4 is 65.0 Å². The number of benzene rings is 1. The molecule has 160 valence electrons. The number of halogens is 3. The largest absolute Gasteiger partial charge is 0.463 e. The van der Waals surface area contributed by atoms with E-state index in [1.807, 2.05) is 0 Å². The number of hydrogen-bond acceptors (Lipinski definition) is 9. The lowest BCUT2D eigenvalue weighted by molar-refractivity contribution is -0.196. The number of esters is 2. The number of nitrogens with two attached hydrogens (primary N) is 1. The average Bonchev–Trinajstić information content (AvgIpc) is 2.63. The van der Waals surface area contributed by atoms with E-state index in [-0.39, 0.29) is 23.1 Å². The molecule has 1 aliphatic rings. The van der Waals surface area contributed by atoms with Crippen molar-refractivity contribution in [1.82, 2.24) is 0 Å². The van der Waals surface area contributed by atoms with Crippen molar-refractivity contribution in [2.24, 2.45) is 5.73 Å². The molecule has 0 radical (unpaired) electrons. The standard InChI is InChI=1S/C17H18Cl3NO7S/c1-7(23)25-5-12-15(26-6-22)14(21)16(27-8(2)24)17(28-12)29-13-4-10(19)9(18)3-11(13)20/h3-4,6,12,14-17H,5,21H2,1-2H3. The van der Waals surface area contributed by atoms with E-state index in [0.717, 1.165) is 11.8 Å². The fourth-order valence-electron chi connectivity index (χ4n) is 2.66. The molecule has 1 aromatic rings. The van der Waals surface area contributed by atoms with Crippen molar-refractivity contribution in [2.45, 2.75) is 48.5 Å². The summed E-state index contributed by atoms with van der Waals surface area (Å²) in [5.41, 5.74) is 5.35. The van der Waals surface area contributed by atoms with Gasteiger partial charge in [-0.1, -0.05) is 46.6 Å². The molecule has 0 aromatic heterocycles. The second kappa shape index (κ2) is 10.7. The van der Waals surface area contributed by atoms with Crippen LogP contribution in [-0.2, 0) is 33.3 Å². The van der Waals surface area contributed by atoms with Gasteiger partial charge in [0.1, 0.15) is 24.3 Å². The van der Waals surface area contributed by atoms with E-state index >= 15 is 0 Å². The Morgan fingerprint density at radius 1 is 1.14 bits per heavy atom. The number of carbonyl (C=O) groups excluding carboxylic acids is 3. The highest BCUT2D eigenvalue weighted by atomic mass is 35.5. The van der Waals surface area contributed by atoms with E-state index in [1.165, 1.54) is 26.0 Å². The van der Waals surface area contributed by atoms with Gasteiger partial charge in [0.25, 0.3) is 6.47 Å². The van der Waals surface area contributed by atoms with Gasteiger partial charge in [0.15, 0.2) is 6.10 Å². The smallest absolute Gasteiger partial charge is 0.303 e. The van der Waals surface area contributed by atoms with Crippen LogP contribution in [-0.4, -0.2) is 54.8 Å². The number of hydrogen-bond donors (Lipinski definition) is 1. The molecule has 2 N–H and O–H groups in total.